The lowest BCUT2D eigenvalue weighted by Gasteiger charge is -2.36. The van der Waals surface area contributed by atoms with Crippen LogP contribution in [0.2, 0.25) is 0 Å². The zero-order valence-corrected chi connectivity index (χ0v) is 14.8. The quantitative estimate of drug-likeness (QED) is 0.821. The van der Waals surface area contributed by atoms with Gasteiger partial charge in [-0.25, -0.2) is 8.78 Å². The molecule has 0 radical (unpaired) electrons. The van der Waals surface area contributed by atoms with E-state index in [0.29, 0.717) is 39.0 Å². The number of ether oxygens (including phenoxy) is 1. The van der Waals surface area contributed by atoms with Crippen molar-refractivity contribution in [2.45, 2.75) is 12.8 Å². The Balaban J connectivity index is 1.55. The summed E-state index contributed by atoms with van der Waals surface area (Å²) in [6, 6.07) is 12.1. The van der Waals surface area contributed by atoms with Crippen LogP contribution >= 0.6 is 0 Å². The van der Waals surface area contributed by atoms with E-state index in [1.165, 1.54) is 7.11 Å². The Morgan fingerprint density at radius 1 is 1.04 bits per heavy atom. The molecule has 1 aliphatic heterocycles. The maximum absolute atomic E-state index is 14.2. The van der Waals surface area contributed by atoms with Gasteiger partial charge in [-0.05, 0) is 12.0 Å². The van der Waals surface area contributed by atoms with Gasteiger partial charge < -0.3 is 14.5 Å². The predicted molar refractivity (Wildman–Crippen MR) is 96.5 cm³/mol. The second-order valence-corrected chi connectivity index (χ2v) is 6.29. The van der Waals surface area contributed by atoms with Crippen LogP contribution in [0.1, 0.15) is 12.0 Å². The third kappa shape index (κ3) is 4.12. The van der Waals surface area contributed by atoms with Gasteiger partial charge in [0.15, 0.2) is 11.6 Å². The summed E-state index contributed by atoms with van der Waals surface area (Å²) in [6.07, 6.45) is 1.16. The zero-order chi connectivity index (χ0) is 18.5. The molecule has 4 nitrogen and oxygen atoms in total. The van der Waals surface area contributed by atoms with Gasteiger partial charge >= 0.3 is 0 Å². The van der Waals surface area contributed by atoms with E-state index in [1.807, 2.05) is 30.3 Å². The van der Waals surface area contributed by atoms with E-state index in [-0.39, 0.29) is 17.3 Å². The van der Waals surface area contributed by atoms with Gasteiger partial charge in [-0.3, -0.25) is 4.79 Å². The van der Waals surface area contributed by atoms with Crippen molar-refractivity contribution in [1.29, 1.82) is 0 Å². The van der Waals surface area contributed by atoms with Crippen molar-refractivity contribution in [3.8, 4) is 5.75 Å². The number of nitrogens with zero attached hydrogens (tertiary/aromatic N) is 2. The molecule has 0 bridgehead atoms. The Labute approximate surface area is 152 Å². The summed E-state index contributed by atoms with van der Waals surface area (Å²) in [5.74, 6) is -1.13. The van der Waals surface area contributed by atoms with Crippen molar-refractivity contribution >= 4 is 11.6 Å². The molecule has 138 valence electrons. The lowest BCUT2D eigenvalue weighted by Crippen LogP contribution is -2.49. The first-order valence-corrected chi connectivity index (χ1v) is 8.68. The second-order valence-electron chi connectivity index (χ2n) is 6.29. The molecule has 2 aromatic carbocycles. The van der Waals surface area contributed by atoms with Crippen molar-refractivity contribution < 1.29 is 18.3 Å². The highest BCUT2D eigenvalue weighted by molar-refractivity contribution is 5.76. The van der Waals surface area contributed by atoms with Crippen LogP contribution in [0.25, 0.3) is 0 Å². The zero-order valence-electron chi connectivity index (χ0n) is 14.8. The van der Waals surface area contributed by atoms with Crippen LogP contribution in [0.3, 0.4) is 0 Å². The summed E-state index contributed by atoms with van der Waals surface area (Å²) in [4.78, 5) is 15.9. The number of carbonyl (C=O) groups is 1. The topological polar surface area (TPSA) is 32.8 Å². The molecule has 0 aliphatic carbocycles. The third-order valence-corrected chi connectivity index (χ3v) is 4.66. The van der Waals surface area contributed by atoms with Crippen molar-refractivity contribution in [2.75, 3.05) is 38.2 Å². The number of anilines is 1. The van der Waals surface area contributed by atoms with E-state index < -0.39 is 11.6 Å². The molecule has 0 saturated carbocycles. The monoisotopic (exact) mass is 360 g/mol. The molecule has 0 N–H and O–H groups in total. The summed E-state index contributed by atoms with van der Waals surface area (Å²) in [7, 11) is 1.30. The molecule has 1 fully saturated rings. The van der Waals surface area contributed by atoms with Gasteiger partial charge in [0, 0.05) is 44.7 Å². The van der Waals surface area contributed by atoms with E-state index >= 15 is 0 Å². The average Bonchev–Trinajstić information content (AvgIpc) is 2.68. The summed E-state index contributed by atoms with van der Waals surface area (Å²) in [6.45, 7) is 1.95. The first-order chi connectivity index (χ1) is 12.6. The lowest BCUT2D eigenvalue weighted by atomic mass is 10.1. The van der Waals surface area contributed by atoms with Gasteiger partial charge in [0.25, 0.3) is 0 Å². The van der Waals surface area contributed by atoms with Crippen LogP contribution < -0.4 is 9.64 Å². The molecule has 0 spiro atoms. The largest absolute Gasteiger partial charge is 0.494 e. The van der Waals surface area contributed by atoms with Crippen LogP contribution in [0, 0.1) is 11.6 Å². The minimum absolute atomic E-state index is 0.0925. The molecule has 6 heteroatoms. The number of aryl methyl sites for hydroxylation is 1. The van der Waals surface area contributed by atoms with Gasteiger partial charge in [0.05, 0.1) is 12.8 Å². The molecule has 0 unspecified atom stereocenters. The summed E-state index contributed by atoms with van der Waals surface area (Å²) < 4.78 is 32.9. The average molecular weight is 360 g/mol. The van der Waals surface area contributed by atoms with E-state index in [2.05, 4.69) is 0 Å². The molecule has 26 heavy (non-hydrogen) atoms. The number of halogens is 2. The molecule has 0 atom stereocenters. The predicted octanol–water partition coefficient (Wildman–Crippen LogP) is 3.25. The maximum Gasteiger partial charge on any atom is 0.223 e. The highest BCUT2D eigenvalue weighted by Gasteiger charge is 2.23. The molecule has 1 aliphatic rings. The highest BCUT2D eigenvalue weighted by Crippen LogP contribution is 2.28. The van der Waals surface area contributed by atoms with Gasteiger partial charge in [-0.2, -0.15) is 0 Å². The van der Waals surface area contributed by atoms with E-state index in [1.54, 1.807) is 9.80 Å². The number of carbonyl (C=O) groups excluding carboxylic acids is 1. The van der Waals surface area contributed by atoms with Crippen LogP contribution in [-0.2, 0) is 11.2 Å². The van der Waals surface area contributed by atoms with Gasteiger partial charge in [-0.1, -0.05) is 30.3 Å². The SMILES string of the molecule is COc1cc(F)c(N2CCN(C(=O)CCc3ccccc3)CC2)cc1F. The van der Waals surface area contributed by atoms with Crippen LogP contribution in [0.15, 0.2) is 42.5 Å². The minimum Gasteiger partial charge on any atom is -0.494 e. The standard InChI is InChI=1S/C20H22F2N2O2/c1-26-19-14-16(21)18(13-17(19)22)23-9-11-24(12-10-23)20(25)8-7-15-5-3-2-4-6-15/h2-6,13-14H,7-12H2,1H3. The Morgan fingerprint density at radius 3 is 2.38 bits per heavy atom. The summed E-state index contributed by atoms with van der Waals surface area (Å²) in [5, 5.41) is 0. The summed E-state index contributed by atoms with van der Waals surface area (Å²) >= 11 is 0. The Bertz CT molecular complexity index is 760. The van der Waals surface area contributed by atoms with Crippen molar-refractivity contribution in [3.63, 3.8) is 0 Å². The first-order valence-electron chi connectivity index (χ1n) is 8.68. The van der Waals surface area contributed by atoms with Crippen LogP contribution in [0.4, 0.5) is 14.5 Å². The Kier molecular flexibility index (Phi) is 5.71. The molecule has 3 rings (SSSR count). The molecule has 2 aromatic rings. The number of piperazine rings is 1. The van der Waals surface area contributed by atoms with Gasteiger partial charge in [0.1, 0.15) is 5.82 Å². The lowest BCUT2D eigenvalue weighted by molar-refractivity contribution is -0.131. The van der Waals surface area contributed by atoms with Crippen molar-refractivity contribution in [2.24, 2.45) is 0 Å². The van der Waals surface area contributed by atoms with E-state index in [9.17, 15) is 13.6 Å². The third-order valence-electron chi connectivity index (χ3n) is 4.66. The van der Waals surface area contributed by atoms with Crippen molar-refractivity contribution in [3.05, 3.63) is 59.7 Å². The van der Waals surface area contributed by atoms with E-state index in [0.717, 1.165) is 17.7 Å². The minimum atomic E-state index is -0.592. The summed E-state index contributed by atoms with van der Waals surface area (Å²) in [5.41, 5.74) is 1.34. The molecular formula is C20H22F2N2O2. The normalized spacial score (nSPS) is 14.4. The fourth-order valence-electron chi connectivity index (χ4n) is 3.17. The molecule has 0 aromatic heterocycles. The number of amides is 1. The first kappa shape index (κ1) is 18.2. The number of hydrogen-bond donors (Lipinski definition) is 0. The maximum atomic E-state index is 14.2. The van der Waals surface area contributed by atoms with E-state index in [4.69, 9.17) is 4.74 Å². The fraction of sp³-hybridized carbons (Fsp3) is 0.350. The number of hydrogen-bond acceptors (Lipinski definition) is 3. The molecule has 1 heterocycles. The molecule has 1 amide bonds. The second kappa shape index (κ2) is 8.17. The number of rotatable bonds is 5. The molecule has 1 saturated heterocycles. The Morgan fingerprint density at radius 2 is 1.73 bits per heavy atom. The van der Waals surface area contributed by atoms with Gasteiger partial charge in [0.2, 0.25) is 5.91 Å². The smallest absolute Gasteiger partial charge is 0.223 e. The molecular weight excluding hydrogens is 338 g/mol. The highest BCUT2D eigenvalue weighted by atomic mass is 19.1. The Hall–Kier alpha value is -2.63. The van der Waals surface area contributed by atoms with Crippen LogP contribution in [0.5, 0.6) is 5.75 Å². The number of methoxy groups -OCH3 is 1. The van der Waals surface area contributed by atoms with Crippen molar-refractivity contribution in [1.82, 2.24) is 4.90 Å². The fourth-order valence-corrected chi connectivity index (χ4v) is 3.17. The van der Waals surface area contributed by atoms with Crippen LogP contribution in [-0.4, -0.2) is 44.1 Å². The number of benzene rings is 2. The van der Waals surface area contributed by atoms with Gasteiger partial charge in [-0.15, -0.1) is 0 Å².